The van der Waals surface area contributed by atoms with Crippen molar-refractivity contribution in [2.45, 2.75) is 20.4 Å². The van der Waals surface area contributed by atoms with Gasteiger partial charge in [0.05, 0.1) is 0 Å². The van der Waals surface area contributed by atoms with Crippen LogP contribution >= 0.6 is 0 Å². The summed E-state index contributed by atoms with van der Waals surface area (Å²) in [5.74, 6) is 0.736. The Morgan fingerprint density at radius 2 is 1.76 bits per heavy atom. The first kappa shape index (κ1) is 14.9. The summed E-state index contributed by atoms with van der Waals surface area (Å²) in [5, 5.41) is 5.45. The Kier molecular flexibility index (Phi) is 5.21. The zero-order valence-electron chi connectivity index (χ0n) is 12.3. The first-order valence-corrected chi connectivity index (χ1v) is 6.90. The number of nitrogens with one attached hydrogen (secondary N) is 2. The lowest BCUT2D eigenvalue weighted by Gasteiger charge is -2.10. The molecule has 0 aliphatic heterocycles. The number of urea groups is 1. The van der Waals surface area contributed by atoms with E-state index in [2.05, 4.69) is 10.6 Å². The van der Waals surface area contributed by atoms with Crippen LogP contribution < -0.4 is 15.4 Å². The summed E-state index contributed by atoms with van der Waals surface area (Å²) < 4.78 is 5.43. The molecule has 0 atom stereocenters. The molecular weight excluding hydrogens is 264 g/mol. The number of carbonyl (C=O) groups is 1. The maximum atomic E-state index is 11.6. The topological polar surface area (TPSA) is 50.4 Å². The molecule has 0 heterocycles. The molecule has 2 rings (SSSR count). The number of rotatable bonds is 5. The van der Waals surface area contributed by atoms with Crippen molar-refractivity contribution in [3.63, 3.8) is 0 Å². The Labute approximate surface area is 125 Å². The van der Waals surface area contributed by atoms with Gasteiger partial charge >= 0.3 is 6.03 Å². The molecule has 0 saturated carbocycles. The number of carbonyl (C=O) groups excluding carboxylic acids is 1. The van der Waals surface area contributed by atoms with E-state index in [-0.39, 0.29) is 12.8 Å². The van der Waals surface area contributed by atoms with Gasteiger partial charge in [-0.1, -0.05) is 47.5 Å². The van der Waals surface area contributed by atoms with E-state index in [0.717, 1.165) is 11.3 Å². The number of amides is 2. The van der Waals surface area contributed by atoms with Gasteiger partial charge in [-0.15, -0.1) is 0 Å². The zero-order chi connectivity index (χ0) is 15.1. The number of hydrogen-bond acceptors (Lipinski definition) is 2. The van der Waals surface area contributed by atoms with Crippen LogP contribution in [0.15, 0.2) is 48.5 Å². The second-order valence-corrected chi connectivity index (χ2v) is 4.95. The third-order valence-corrected chi connectivity index (χ3v) is 3.03. The number of benzene rings is 2. The van der Waals surface area contributed by atoms with Gasteiger partial charge in [-0.25, -0.2) is 4.79 Å². The minimum absolute atomic E-state index is 0.142. The van der Waals surface area contributed by atoms with Crippen molar-refractivity contribution in [3.8, 4) is 5.75 Å². The Hall–Kier alpha value is -2.49. The summed E-state index contributed by atoms with van der Waals surface area (Å²) in [6.07, 6.45) is 0. The van der Waals surface area contributed by atoms with Crippen LogP contribution in [0.2, 0.25) is 0 Å². The standard InChI is InChI=1S/C17H20N2O2/c1-13-6-8-16(9-7-13)21-12-19-17(20)18-11-15-5-3-4-14(2)10-15/h3-10H,11-12H2,1-2H3,(H2,18,19,20). The van der Waals surface area contributed by atoms with Crippen molar-refractivity contribution in [1.82, 2.24) is 10.6 Å². The van der Waals surface area contributed by atoms with Crippen LogP contribution in [0.5, 0.6) is 5.75 Å². The van der Waals surface area contributed by atoms with Crippen LogP contribution in [-0.4, -0.2) is 12.8 Å². The van der Waals surface area contributed by atoms with Crippen molar-refractivity contribution >= 4 is 6.03 Å². The first-order chi connectivity index (χ1) is 10.1. The molecule has 4 heteroatoms. The normalized spacial score (nSPS) is 10.0. The molecule has 2 N–H and O–H groups in total. The summed E-state index contributed by atoms with van der Waals surface area (Å²) in [5.41, 5.74) is 3.42. The molecule has 0 aliphatic rings. The molecule has 2 amide bonds. The van der Waals surface area contributed by atoms with Crippen molar-refractivity contribution in [3.05, 3.63) is 65.2 Å². The Morgan fingerprint density at radius 1 is 1.00 bits per heavy atom. The van der Waals surface area contributed by atoms with Gasteiger partial charge in [0.1, 0.15) is 5.75 Å². The molecule has 0 radical (unpaired) electrons. The SMILES string of the molecule is Cc1ccc(OCNC(=O)NCc2cccc(C)c2)cc1. The molecule has 21 heavy (non-hydrogen) atoms. The lowest BCUT2D eigenvalue weighted by molar-refractivity contribution is 0.223. The molecule has 2 aromatic rings. The molecule has 2 aromatic carbocycles. The quantitative estimate of drug-likeness (QED) is 0.829. The highest BCUT2D eigenvalue weighted by Crippen LogP contribution is 2.10. The van der Waals surface area contributed by atoms with Gasteiger partial charge in [0.2, 0.25) is 0 Å². The molecule has 0 aromatic heterocycles. The maximum Gasteiger partial charge on any atom is 0.317 e. The molecule has 4 nitrogen and oxygen atoms in total. The number of ether oxygens (including phenoxy) is 1. The summed E-state index contributed by atoms with van der Waals surface area (Å²) in [6, 6.07) is 15.5. The average Bonchev–Trinajstić information content (AvgIpc) is 2.47. The maximum absolute atomic E-state index is 11.6. The molecule has 0 saturated heterocycles. The lowest BCUT2D eigenvalue weighted by Crippen LogP contribution is -2.37. The largest absolute Gasteiger partial charge is 0.473 e. The minimum atomic E-state index is -0.247. The molecule has 0 bridgehead atoms. The van der Waals surface area contributed by atoms with Gasteiger partial charge in [-0.05, 0) is 31.5 Å². The van der Waals surface area contributed by atoms with Gasteiger partial charge in [0.15, 0.2) is 6.73 Å². The van der Waals surface area contributed by atoms with Gasteiger partial charge in [0, 0.05) is 6.54 Å². The van der Waals surface area contributed by atoms with Crippen LogP contribution in [0.1, 0.15) is 16.7 Å². The molecular formula is C17H20N2O2. The molecule has 0 fully saturated rings. The number of aryl methyl sites for hydroxylation is 2. The number of hydrogen-bond donors (Lipinski definition) is 2. The summed E-state index contributed by atoms with van der Waals surface area (Å²) in [6.45, 7) is 4.68. The monoisotopic (exact) mass is 284 g/mol. The van der Waals surface area contributed by atoms with Gasteiger partial charge < -0.3 is 15.4 Å². The van der Waals surface area contributed by atoms with E-state index in [1.54, 1.807) is 0 Å². The lowest BCUT2D eigenvalue weighted by atomic mass is 10.1. The van der Waals surface area contributed by atoms with E-state index >= 15 is 0 Å². The van der Waals surface area contributed by atoms with Crippen LogP contribution in [0.25, 0.3) is 0 Å². The zero-order valence-corrected chi connectivity index (χ0v) is 12.3. The molecule has 0 aliphatic carbocycles. The fourth-order valence-electron chi connectivity index (χ4n) is 1.89. The summed E-state index contributed by atoms with van der Waals surface area (Å²) in [4.78, 5) is 11.6. The second-order valence-electron chi connectivity index (χ2n) is 4.95. The summed E-state index contributed by atoms with van der Waals surface area (Å²) >= 11 is 0. The highest BCUT2D eigenvalue weighted by molar-refractivity contribution is 5.73. The van der Waals surface area contributed by atoms with E-state index in [0.29, 0.717) is 6.54 Å². The van der Waals surface area contributed by atoms with E-state index in [9.17, 15) is 4.79 Å². The predicted molar refractivity (Wildman–Crippen MR) is 83.2 cm³/mol. The highest BCUT2D eigenvalue weighted by atomic mass is 16.5. The smallest absolute Gasteiger partial charge is 0.317 e. The first-order valence-electron chi connectivity index (χ1n) is 6.90. The van der Waals surface area contributed by atoms with E-state index in [1.807, 2.05) is 62.4 Å². The fraction of sp³-hybridized carbons (Fsp3) is 0.235. The predicted octanol–water partition coefficient (Wildman–Crippen LogP) is 3.14. The van der Waals surface area contributed by atoms with E-state index in [4.69, 9.17) is 4.74 Å². The molecule has 110 valence electrons. The van der Waals surface area contributed by atoms with Gasteiger partial charge in [-0.2, -0.15) is 0 Å². The molecule has 0 spiro atoms. The Balaban J connectivity index is 1.69. The fourth-order valence-corrected chi connectivity index (χ4v) is 1.89. The van der Waals surface area contributed by atoms with Crippen molar-refractivity contribution in [1.29, 1.82) is 0 Å². The van der Waals surface area contributed by atoms with E-state index < -0.39 is 0 Å². The highest BCUT2D eigenvalue weighted by Gasteiger charge is 2.00. The third kappa shape index (κ3) is 5.18. The van der Waals surface area contributed by atoms with Gasteiger partial charge in [0.25, 0.3) is 0 Å². The average molecular weight is 284 g/mol. The van der Waals surface area contributed by atoms with Crippen molar-refractivity contribution in [2.24, 2.45) is 0 Å². The van der Waals surface area contributed by atoms with Crippen LogP contribution in [0, 0.1) is 13.8 Å². The van der Waals surface area contributed by atoms with Gasteiger partial charge in [-0.3, -0.25) is 0 Å². The second kappa shape index (κ2) is 7.33. The van der Waals surface area contributed by atoms with Crippen molar-refractivity contribution < 1.29 is 9.53 Å². The Morgan fingerprint density at radius 3 is 2.48 bits per heavy atom. The third-order valence-electron chi connectivity index (χ3n) is 3.03. The minimum Gasteiger partial charge on any atom is -0.473 e. The van der Waals surface area contributed by atoms with E-state index in [1.165, 1.54) is 11.1 Å². The summed E-state index contributed by atoms with van der Waals surface area (Å²) in [7, 11) is 0. The molecule has 0 unspecified atom stereocenters. The van der Waals surface area contributed by atoms with Crippen LogP contribution in [0.3, 0.4) is 0 Å². The van der Waals surface area contributed by atoms with Crippen LogP contribution in [0.4, 0.5) is 4.79 Å². The van der Waals surface area contributed by atoms with Crippen LogP contribution in [-0.2, 0) is 6.54 Å². The van der Waals surface area contributed by atoms with Crippen molar-refractivity contribution in [2.75, 3.05) is 6.73 Å². The Bertz CT molecular complexity index is 594.